The van der Waals surface area contributed by atoms with Gasteiger partial charge in [-0.25, -0.2) is 0 Å². The molecular weight excluding hydrogens is 342 g/mol. The Bertz CT molecular complexity index is 681. The van der Waals surface area contributed by atoms with Crippen molar-refractivity contribution >= 4 is 17.7 Å². The first-order valence-corrected chi connectivity index (χ1v) is 9.81. The molecule has 6 heteroatoms. The van der Waals surface area contributed by atoms with Gasteiger partial charge in [-0.1, -0.05) is 30.3 Å². The lowest BCUT2D eigenvalue weighted by Crippen LogP contribution is -2.52. The van der Waals surface area contributed by atoms with E-state index < -0.39 is 0 Å². The second kappa shape index (κ2) is 8.55. The molecule has 3 amide bonds. The van der Waals surface area contributed by atoms with Crippen LogP contribution >= 0.6 is 0 Å². The highest BCUT2D eigenvalue weighted by molar-refractivity contribution is 5.78. The number of likely N-dealkylation sites (tertiary alicyclic amines) is 2. The van der Waals surface area contributed by atoms with Gasteiger partial charge in [0.15, 0.2) is 0 Å². The molecule has 1 aromatic rings. The fraction of sp³-hybridized carbons (Fsp3) is 0.571. The number of benzene rings is 1. The van der Waals surface area contributed by atoms with Gasteiger partial charge in [-0.3, -0.25) is 14.4 Å². The largest absolute Gasteiger partial charge is 0.356 e. The van der Waals surface area contributed by atoms with Crippen LogP contribution in [-0.4, -0.2) is 53.7 Å². The monoisotopic (exact) mass is 371 g/mol. The average molecular weight is 371 g/mol. The van der Waals surface area contributed by atoms with Gasteiger partial charge in [-0.05, 0) is 30.2 Å². The van der Waals surface area contributed by atoms with Crippen molar-refractivity contribution in [1.29, 1.82) is 0 Å². The lowest BCUT2D eigenvalue weighted by atomic mass is 9.72. The van der Waals surface area contributed by atoms with Crippen LogP contribution < -0.4 is 5.32 Å². The molecule has 27 heavy (non-hydrogen) atoms. The smallest absolute Gasteiger partial charge is 0.224 e. The third kappa shape index (κ3) is 5.08. The molecule has 0 aliphatic carbocycles. The maximum absolute atomic E-state index is 12.4. The van der Waals surface area contributed by atoms with Crippen LogP contribution in [0.5, 0.6) is 0 Å². The summed E-state index contributed by atoms with van der Waals surface area (Å²) in [5, 5.41) is 2.68. The molecule has 1 N–H and O–H groups in total. The zero-order chi connectivity index (χ0) is 19.3. The van der Waals surface area contributed by atoms with Crippen LogP contribution in [0.1, 0.15) is 44.6 Å². The summed E-state index contributed by atoms with van der Waals surface area (Å²) < 4.78 is 0. The molecule has 2 saturated heterocycles. The maximum atomic E-state index is 12.4. The van der Waals surface area contributed by atoms with Gasteiger partial charge < -0.3 is 15.1 Å². The van der Waals surface area contributed by atoms with Crippen molar-refractivity contribution in [1.82, 2.24) is 15.1 Å². The van der Waals surface area contributed by atoms with Crippen molar-refractivity contribution in [3.8, 4) is 0 Å². The van der Waals surface area contributed by atoms with Crippen molar-refractivity contribution in [2.75, 3.05) is 26.2 Å². The third-order valence-corrected chi connectivity index (χ3v) is 5.85. The Morgan fingerprint density at radius 1 is 1.11 bits per heavy atom. The zero-order valence-electron chi connectivity index (χ0n) is 16.1. The normalized spacial score (nSPS) is 19.2. The minimum absolute atomic E-state index is 0.103. The third-order valence-electron chi connectivity index (χ3n) is 5.85. The van der Waals surface area contributed by atoms with Crippen LogP contribution in [-0.2, 0) is 20.9 Å². The number of nitrogens with zero attached hydrogens (tertiary/aromatic N) is 2. The molecule has 2 aliphatic heterocycles. The Hall–Kier alpha value is -2.37. The molecule has 2 fully saturated rings. The van der Waals surface area contributed by atoms with E-state index >= 15 is 0 Å². The molecule has 0 bridgehead atoms. The van der Waals surface area contributed by atoms with Gasteiger partial charge in [-0.15, -0.1) is 0 Å². The van der Waals surface area contributed by atoms with E-state index in [9.17, 15) is 14.4 Å². The Kier molecular flexibility index (Phi) is 6.14. The minimum Gasteiger partial charge on any atom is -0.356 e. The first-order valence-electron chi connectivity index (χ1n) is 9.81. The Morgan fingerprint density at radius 2 is 1.81 bits per heavy atom. The molecule has 3 rings (SSSR count). The van der Waals surface area contributed by atoms with Gasteiger partial charge >= 0.3 is 0 Å². The highest BCUT2D eigenvalue weighted by Crippen LogP contribution is 2.40. The van der Waals surface area contributed by atoms with E-state index in [1.165, 1.54) is 6.92 Å². The molecule has 0 atom stereocenters. The molecule has 0 aromatic heterocycles. The molecule has 0 unspecified atom stereocenters. The maximum Gasteiger partial charge on any atom is 0.224 e. The molecule has 146 valence electrons. The van der Waals surface area contributed by atoms with Gasteiger partial charge in [-0.2, -0.15) is 0 Å². The molecule has 0 saturated carbocycles. The second-order valence-electron chi connectivity index (χ2n) is 7.85. The van der Waals surface area contributed by atoms with E-state index in [2.05, 4.69) is 17.4 Å². The first kappa shape index (κ1) is 19.4. The quantitative estimate of drug-likeness (QED) is 0.860. The van der Waals surface area contributed by atoms with Gasteiger partial charge in [0.2, 0.25) is 17.7 Å². The number of amides is 3. The van der Waals surface area contributed by atoms with Crippen LogP contribution in [0.2, 0.25) is 0 Å². The summed E-state index contributed by atoms with van der Waals surface area (Å²) in [6, 6.07) is 10.1. The lowest BCUT2D eigenvalue weighted by molar-refractivity contribution is -0.143. The number of rotatable bonds is 5. The predicted molar refractivity (Wildman–Crippen MR) is 103 cm³/mol. The van der Waals surface area contributed by atoms with Crippen molar-refractivity contribution in [2.45, 2.75) is 45.6 Å². The van der Waals surface area contributed by atoms with E-state index in [-0.39, 0.29) is 23.1 Å². The van der Waals surface area contributed by atoms with E-state index in [1.54, 1.807) is 0 Å². The van der Waals surface area contributed by atoms with E-state index in [0.717, 1.165) is 44.5 Å². The number of piperidine rings is 2. The second-order valence-corrected chi connectivity index (χ2v) is 7.85. The summed E-state index contributed by atoms with van der Waals surface area (Å²) in [5.74, 6) is 0.232. The number of carbonyl (C=O) groups is 3. The zero-order valence-corrected chi connectivity index (χ0v) is 16.1. The predicted octanol–water partition coefficient (Wildman–Crippen LogP) is 1.94. The van der Waals surface area contributed by atoms with E-state index in [4.69, 9.17) is 0 Å². The van der Waals surface area contributed by atoms with E-state index in [0.29, 0.717) is 25.9 Å². The Balaban J connectivity index is 1.53. The average Bonchev–Trinajstić information content (AvgIpc) is 2.66. The topological polar surface area (TPSA) is 69.7 Å². The SMILES string of the molecule is CC(=O)NCCC(=O)N1CCC2(CCC(=O)N(Cc3ccccc3)C2)CC1. The molecule has 1 spiro atoms. The number of hydrogen-bond donors (Lipinski definition) is 1. The number of hydrogen-bond acceptors (Lipinski definition) is 3. The van der Waals surface area contributed by atoms with Crippen molar-refractivity contribution in [3.63, 3.8) is 0 Å². The van der Waals surface area contributed by atoms with E-state index in [1.807, 2.05) is 28.0 Å². The molecule has 6 nitrogen and oxygen atoms in total. The standard InChI is InChI=1S/C21H29N3O3/c1-17(25)22-12-8-20(27)23-13-10-21(11-14-23)9-7-19(26)24(16-21)15-18-5-3-2-4-6-18/h2-6H,7-16H2,1H3,(H,22,25). The molecule has 2 heterocycles. The molecule has 0 radical (unpaired) electrons. The molecule has 1 aromatic carbocycles. The summed E-state index contributed by atoms with van der Waals surface area (Å²) in [6.45, 7) is 4.80. The summed E-state index contributed by atoms with van der Waals surface area (Å²) in [7, 11) is 0. The van der Waals surface area contributed by atoms with Gasteiger partial charge in [0.05, 0.1) is 0 Å². The minimum atomic E-state index is -0.106. The van der Waals surface area contributed by atoms with Crippen molar-refractivity contribution in [2.24, 2.45) is 5.41 Å². The molecular formula is C21H29N3O3. The van der Waals surface area contributed by atoms with Crippen molar-refractivity contribution < 1.29 is 14.4 Å². The fourth-order valence-corrected chi connectivity index (χ4v) is 4.19. The molecule has 2 aliphatic rings. The van der Waals surface area contributed by atoms with Gasteiger partial charge in [0.25, 0.3) is 0 Å². The summed E-state index contributed by atoms with van der Waals surface area (Å²) in [6.07, 6.45) is 3.76. The highest BCUT2D eigenvalue weighted by Gasteiger charge is 2.41. The highest BCUT2D eigenvalue weighted by atomic mass is 16.2. The van der Waals surface area contributed by atoms with Gasteiger partial charge in [0.1, 0.15) is 0 Å². The first-order chi connectivity index (χ1) is 13.0. The van der Waals surface area contributed by atoms with Gasteiger partial charge in [0, 0.05) is 52.5 Å². The van der Waals surface area contributed by atoms with Crippen LogP contribution in [0.15, 0.2) is 30.3 Å². The summed E-state index contributed by atoms with van der Waals surface area (Å²) >= 11 is 0. The van der Waals surface area contributed by atoms with Crippen LogP contribution in [0.4, 0.5) is 0 Å². The van der Waals surface area contributed by atoms with Crippen LogP contribution in [0.3, 0.4) is 0 Å². The number of carbonyl (C=O) groups excluding carboxylic acids is 3. The lowest BCUT2D eigenvalue weighted by Gasteiger charge is -2.47. The number of nitrogens with one attached hydrogen (secondary N) is 1. The summed E-state index contributed by atoms with van der Waals surface area (Å²) in [5.41, 5.74) is 1.30. The van der Waals surface area contributed by atoms with Crippen LogP contribution in [0.25, 0.3) is 0 Å². The Labute approximate surface area is 160 Å². The van der Waals surface area contributed by atoms with Crippen LogP contribution in [0, 0.1) is 5.41 Å². The van der Waals surface area contributed by atoms with Crippen molar-refractivity contribution in [3.05, 3.63) is 35.9 Å². The fourth-order valence-electron chi connectivity index (χ4n) is 4.19. The summed E-state index contributed by atoms with van der Waals surface area (Å²) in [4.78, 5) is 39.5. The Morgan fingerprint density at radius 3 is 2.48 bits per heavy atom.